The largest absolute Gasteiger partial charge is 0.244 e. The molecule has 0 N–H and O–H groups in total. The topological polar surface area (TPSA) is 0 Å². The van der Waals surface area contributed by atoms with Crippen LogP contribution >= 0.6 is 0 Å². The highest BCUT2D eigenvalue weighted by atomic mass is 19.1. The van der Waals surface area contributed by atoms with Crippen molar-refractivity contribution in [3.8, 4) is 12.3 Å². The Morgan fingerprint density at radius 2 is 2.50 bits per heavy atom. The summed E-state index contributed by atoms with van der Waals surface area (Å²) in [5.74, 6) is 2.30. The molecule has 0 aliphatic heterocycles. The fourth-order valence-electron chi connectivity index (χ4n) is 0.138. The van der Waals surface area contributed by atoms with Crippen molar-refractivity contribution >= 4 is 0 Å². The van der Waals surface area contributed by atoms with Crippen LogP contribution in [0.1, 0.15) is 12.8 Å². The summed E-state index contributed by atoms with van der Waals surface area (Å²) < 4.78 is 11.0. The third-order valence-corrected chi connectivity index (χ3v) is 0.398. The Bertz CT molecular complexity index is 51.4. The molecule has 0 fully saturated rings. The minimum absolute atomic E-state index is 0.385. The van der Waals surface area contributed by atoms with Gasteiger partial charge in [0, 0.05) is 6.42 Å². The van der Waals surface area contributed by atoms with Crippen molar-refractivity contribution in [2.24, 2.45) is 0 Å². The second kappa shape index (κ2) is 4.49. The zero-order valence-electron chi connectivity index (χ0n) is 3.45. The van der Waals surface area contributed by atoms with E-state index in [2.05, 4.69) is 5.92 Å². The molecule has 0 heterocycles. The summed E-state index contributed by atoms with van der Waals surface area (Å²) in [6.45, 7) is 0.569. The molecule has 0 unspecified atom stereocenters. The van der Waals surface area contributed by atoms with Gasteiger partial charge in [0.2, 0.25) is 0 Å². The Morgan fingerprint density at radius 3 is 2.67 bits per heavy atom. The molecule has 0 aromatic carbocycles. The molecule has 0 bridgehead atoms. The van der Waals surface area contributed by atoms with Gasteiger partial charge in [0.1, 0.15) is 6.67 Å². The molecule has 0 atom stereocenters. The highest BCUT2D eigenvalue weighted by Crippen LogP contribution is 1.89. The summed E-state index contributed by atoms with van der Waals surface area (Å²) in [5, 5.41) is 0. The van der Waals surface area contributed by atoms with Crippen molar-refractivity contribution < 1.29 is 4.39 Å². The van der Waals surface area contributed by atoms with Crippen LogP contribution in [0, 0.1) is 19.0 Å². The van der Waals surface area contributed by atoms with Gasteiger partial charge in [-0.15, -0.1) is 12.3 Å². The second-order valence-electron chi connectivity index (χ2n) is 0.897. The summed E-state index contributed by atoms with van der Waals surface area (Å²) in [5.41, 5.74) is 0. The molecule has 0 spiro atoms. The van der Waals surface area contributed by atoms with E-state index in [0.717, 1.165) is 0 Å². The molecule has 6 heavy (non-hydrogen) atoms. The first-order chi connectivity index (χ1) is 2.91. The molecule has 0 aromatic heterocycles. The Labute approximate surface area is 37.4 Å². The van der Waals surface area contributed by atoms with Crippen LogP contribution < -0.4 is 0 Å². The third kappa shape index (κ3) is 3.49. The number of terminal acetylenes is 1. The van der Waals surface area contributed by atoms with Crippen LogP contribution in [0.5, 0.6) is 0 Å². The van der Waals surface area contributed by atoms with E-state index in [1.54, 1.807) is 0 Å². The molecule has 33 valence electrons. The van der Waals surface area contributed by atoms with Crippen LogP contribution in [0.2, 0.25) is 0 Å². The van der Waals surface area contributed by atoms with Crippen molar-refractivity contribution in [3.05, 3.63) is 6.67 Å². The molecule has 0 aliphatic carbocycles. The SMILES string of the molecule is C#CCC[CH]F. The first-order valence-electron chi connectivity index (χ1n) is 1.77. The summed E-state index contributed by atoms with van der Waals surface area (Å²) in [6, 6.07) is 0. The van der Waals surface area contributed by atoms with Crippen molar-refractivity contribution in [3.63, 3.8) is 0 Å². The van der Waals surface area contributed by atoms with Gasteiger partial charge in [-0.2, -0.15) is 0 Å². The third-order valence-electron chi connectivity index (χ3n) is 0.398. The normalized spacial score (nSPS) is 7.33. The number of halogens is 1. The van der Waals surface area contributed by atoms with Crippen LogP contribution in [0.3, 0.4) is 0 Å². The van der Waals surface area contributed by atoms with Gasteiger partial charge in [-0.3, -0.25) is 0 Å². The van der Waals surface area contributed by atoms with Crippen LogP contribution in [-0.4, -0.2) is 0 Å². The smallest absolute Gasteiger partial charge is 0.132 e. The maximum Gasteiger partial charge on any atom is 0.132 e. The molecule has 0 aromatic rings. The van der Waals surface area contributed by atoms with E-state index in [9.17, 15) is 4.39 Å². The number of hydrogen-bond donors (Lipinski definition) is 0. The van der Waals surface area contributed by atoms with E-state index in [4.69, 9.17) is 6.42 Å². The van der Waals surface area contributed by atoms with Crippen molar-refractivity contribution in [1.82, 2.24) is 0 Å². The van der Waals surface area contributed by atoms with E-state index in [0.29, 0.717) is 19.5 Å². The molecule has 1 heteroatoms. The molecule has 0 saturated heterocycles. The molecule has 0 rings (SSSR count). The lowest BCUT2D eigenvalue weighted by molar-refractivity contribution is 0.581. The van der Waals surface area contributed by atoms with Crippen LogP contribution in [0.25, 0.3) is 0 Å². The van der Waals surface area contributed by atoms with Crippen LogP contribution in [0.4, 0.5) is 4.39 Å². The minimum Gasteiger partial charge on any atom is -0.244 e. The molecule has 0 aliphatic rings. The lowest BCUT2D eigenvalue weighted by Gasteiger charge is -1.75. The number of rotatable bonds is 2. The standard InChI is InChI=1S/C5H6F/c1-2-3-4-5-6/h1,5H,3-4H2. The summed E-state index contributed by atoms with van der Waals surface area (Å²) >= 11 is 0. The van der Waals surface area contributed by atoms with Crippen molar-refractivity contribution in [2.75, 3.05) is 0 Å². The van der Waals surface area contributed by atoms with E-state index in [1.807, 2.05) is 0 Å². The predicted octanol–water partition coefficient (Wildman–Crippen LogP) is 1.53. The summed E-state index contributed by atoms with van der Waals surface area (Å²) in [4.78, 5) is 0. The van der Waals surface area contributed by atoms with Gasteiger partial charge in [0.05, 0.1) is 0 Å². The second-order valence-corrected chi connectivity index (χ2v) is 0.897. The Balaban J connectivity index is 2.54. The van der Waals surface area contributed by atoms with E-state index in [1.165, 1.54) is 0 Å². The van der Waals surface area contributed by atoms with Gasteiger partial charge in [0.15, 0.2) is 0 Å². The molecule has 1 radical (unpaired) electrons. The van der Waals surface area contributed by atoms with Crippen LogP contribution in [0.15, 0.2) is 0 Å². The molecular formula is C5H6F. The molecule has 0 nitrogen and oxygen atoms in total. The minimum atomic E-state index is 0.385. The quantitative estimate of drug-likeness (QED) is 0.352. The van der Waals surface area contributed by atoms with Gasteiger partial charge >= 0.3 is 0 Å². The van der Waals surface area contributed by atoms with E-state index < -0.39 is 0 Å². The first-order valence-corrected chi connectivity index (χ1v) is 1.77. The predicted molar refractivity (Wildman–Crippen MR) is 23.5 cm³/mol. The fourth-order valence-corrected chi connectivity index (χ4v) is 0.138. The van der Waals surface area contributed by atoms with Gasteiger partial charge < -0.3 is 0 Å². The van der Waals surface area contributed by atoms with E-state index >= 15 is 0 Å². The lowest BCUT2D eigenvalue weighted by Crippen LogP contribution is -1.62. The molecule has 0 saturated carbocycles. The zero-order valence-corrected chi connectivity index (χ0v) is 3.45. The van der Waals surface area contributed by atoms with Crippen molar-refractivity contribution in [2.45, 2.75) is 12.8 Å². The lowest BCUT2D eigenvalue weighted by atomic mass is 10.3. The highest BCUT2D eigenvalue weighted by molar-refractivity contribution is 4.83. The van der Waals surface area contributed by atoms with Crippen molar-refractivity contribution in [1.29, 1.82) is 0 Å². The average molecular weight is 85.1 g/mol. The summed E-state index contributed by atoms with van der Waals surface area (Å²) in [7, 11) is 0. The maximum atomic E-state index is 11.0. The van der Waals surface area contributed by atoms with Crippen LogP contribution in [-0.2, 0) is 0 Å². The van der Waals surface area contributed by atoms with Gasteiger partial charge in [0.25, 0.3) is 0 Å². The first kappa shape index (κ1) is 5.49. The zero-order chi connectivity index (χ0) is 4.83. The van der Waals surface area contributed by atoms with E-state index in [-0.39, 0.29) is 0 Å². The fraction of sp³-hybridized carbons (Fsp3) is 0.400. The molecule has 0 amide bonds. The summed E-state index contributed by atoms with van der Waals surface area (Å²) in [6.07, 6.45) is 5.67. The van der Waals surface area contributed by atoms with Gasteiger partial charge in [-0.1, -0.05) is 0 Å². The van der Waals surface area contributed by atoms with Gasteiger partial charge in [-0.25, -0.2) is 4.39 Å². The number of unbranched alkanes of at least 4 members (excludes halogenated alkanes) is 1. The Morgan fingerprint density at radius 1 is 1.83 bits per heavy atom. The Hall–Kier alpha value is -0.510. The average Bonchev–Trinajstić information content (AvgIpc) is 1.61. The maximum absolute atomic E-state index is 11.0. The molecular weight excluding hydrogens is 79.1 g/mol. The number of hydrogen-bond acceptors (Lipinski definition) is 0. The van der Waals surface area contributed by atoms with Gasteiger partial charge in [-0.05, 0) is 6.42 Å². The highest BCUT2D eigenvalue weighted by Gasteiger charge is 1.76. The Kier molecular flexibility index (Phi) is 4.11. The monoisotopic (exact) mass is 85.0 g/mol.